The van der Waals surface area contributed by atoms with Crippen LogP contribution in [0.2, 0.25) is 0 Å². The van der Waals surface area contributed by atoms with Gasteiger partial charge in [-0.05, 0) is 48.9 Å². The van der Waals surface area contributed by atoms with Crippen LogP contribution >= 0.6 is 24.0 Å². The van der Waals surface area contributed by atoms with Crippen molar-refractivity contribution >= 4 is 41.6 Å². The summed E-state index contributed by atoms with van der Waals surface area (Å²) in [7, 11) is 0. The first-order chi connectivity index (χ1) is 13.8. The highest BCUT2D eigenvalue weighted by Gasteiger charge is 2.18. The van der Waals surface area contributed by atoms with Gasteiger partial charge in [-0.25, -0.2) is 9.97 Å². The molecule has 1 aliphatic heterocycles. The van der Waals surface area contributed by atoms with Gasteiger partial charge in [0.1, 0.15) is 0 Å². The van der Waals surface area contributed by atoms with Gasteiger partial charge < -0.3 is 16.0 Å². The van der Waals surface area contributed by atoms with E-state index in [0.717, 1.165) is 50.8 Å². The Bertz CT molecular complexity index is 804. The fourth-order valence-electron chi connectivity index (χ4n) is 4.01. The third-order valence-electron chi connectivity index (χ3n) is 5.56. The summed E-state index contributed by atoms with van der Waals surface area (Å²) >= 11 is 0. The second kappa shape index (κ2) is 10.7. The van der Waals surface area contributed by atoms with Crippen LogP contribution in [-0.4, -0.2) is 60.1 Å². The number of hydrogen-bond acceptors (Lipinski definition) is 5. The van der Waals surface area contributed by atoms with Crippen LogP contribution in [0.25, 0.3) is 0 Å². The Kier molecular flexibility index (Phi) is 8.05. The number of anilines is 2. The average molecular weight is 507 g/mol. The van der Waals surface area contributed by atoms with Crippen molar-refractivity contribution in [3.05, 3.63) is 47.8 Å². The van der Waals surface area contributed by atoms with Crippen molar-refractivity contribution in [2.24, 2.45) is 10.7 Å². The highest BCUT2D eigenvalue weighted by molar-refractivity contribution is 14.0. The first kappa shape index (κ1) is 21.8. The number of fused-ring (bicyclic) bond motifs is 1. The predicted molar refractivity (Wildman–Crippen MR) is 129 cm³/mol. The van der Waals surface area contributed by atoms with E-state index in [4.69, 9.17) is 5.73 Å². The SMILES string of the molecule is I.NC(=NCCN1CCN(c2ncccn2)CC1)Nc1cccc2c1CCCC2. The number of aryl methyl sites for hydroxylation is 1. The second-order valence-electron chi connectivity index (χ2n) is 7.42. The minimum Gasteiger partial charge on any atom is -0.370 e. The van der Waals surface area contributed by atoms with E-state index >= 15 is 0 Å². The molecule has 1 aliphatic carbocycles. The number of benzene rings is 1. The van der Waals surface area contributed by atoms with Gasteiger partial charge in [-0.2, -0.15) is 0 Å². The molecule has 2 heterocycles. The number of nitrogens with two attached hydrogens (primary N) is 1. The molecule has 0 bridgehead atoms. The molecule has 29 heavy (non-hydrogen) atoms. The lowest BCUT2D eigenvalue weighted by molar-refractivity contribution is 0.264. The van der Waals surface area contributed by atoms with Crippen LogP contribution in [0.5, 0.6) is 0 Å². The number of guanidine groups is 1. The zero-order chi connectivity index (χ0) is 19.2. The number of hydrogen-bond donors (Lipinski definition) is 2. The van der Waals surface area contributed by atoms with Crippen LogP contribution in [0.3, 0.4) is 0 Å². The monoisotopic (exact) mass is 507 g/mol. The largest absolute Gasteiger partial charge is 0.370 e. The number of nitrogens with zero attached hydrogens (tertiary/aromatic N) is 5. The van der Waals surface area contributed by atoms with Gasteiger partial charge >= 0.3 is 0 Å². The minimum atomic E-state index is 0. The molecule has 0 unspecified atom stereocenters. The normalized spacial score (nSPS) is 17.4. The van der Waals surface area contributed by atoms with Gasteiger partial charge in [0, 0.05) is 50.8 Å². The second-order valence-corrected chi connectivity index (χ2v) is 7.42. The van der Waals surface area contributed by atoms with Crippen molar-refractivity contribution in [3.63, 3.8) is 0 Å². The number of aliphatic imine (C=N–C) groups is 1. The standard InChI is InChI=1S/C21H29N7.HI/c22-20(26-19-8-3-6-17-5-1-2-7-18(17)19)23-11-12-27-13-15-28(16-14-27)21-24-9-4-10-25-21;/h3-4,6,8-10H,1-2,5,7,11-16H2,(H3,22,23,26);1H. The number of halogens is 1. The number of rotatable bonds is 5. The van der Waals surface area contributed by atoms with Gasteiger partial charge in [-0.3, -0.25) is 9.89 Å². The van der Waals surface area contributed by atoms with E-state index in [1.54, 1.807) is 12.4 Å². The molecule has 1 fully saturated rings. The quantitative estimate of drug-likeness (QED) is 0.368. The Morgan fingerprint density at radius 1 is 1.03 bits per heavy atom. The maximum Gasteiger partial charge on any atom is 0.225 e. The molecule has 0 saturated carbocycles. The molecular formula is C21H30IN7. The lowest BCUT2D eigenvalue weighted by Gasteiger charge is -2.34. The average Bonchev–Trinajstić information content (AvgIpc) is 2.75. The first-order valence-corrected chi connectivity index (χ1v) is 10.2. The molecule has 3 N–H and O–H groups in total. The smallest absolute Gasteiger partial charge is 0.225 e. The lowest BCUT2D eigenvalue weighted by atomic mass is 9.90. The Hall–Kier alpha value is -1.94. The lowest BCUT2D eigenvalue weighted by Crippen LogP contribution is -2.47. The van der Waals surface area contributed by atoms with E-state index in [0.29, 0.717) is 12.5 Å². The van der Waals surface area contributed by atoms with Crippen LogP contribution < -0.4 is 16.0 Å². The molecular weight excluding hydrogens is 477 g/mol. The molecule has 0 spiro atoms. The maximum absolute atomic E-state index is 6.15. The number of aromatic nitrogens is 2. The van der Waals surface area contributed by atoms with Gasteiger partial charge in [-0.1, -0.05) is 12.1 Å². The Morgan fingerprint density at radius 2 is 1.79 bits per heavy atom. The molecule has 0 amide bonds. The summed E-state index contributed by atoms with van der Waals surface area (Å²) in [6.45, 7) is 5.49. The third-order valence-corrected chi connectivity index (χ3v) is 5.56. The summed E-state index contributed by atoms with van der Waals surface area (Å²) < 4.78 is 0. The van der Waals surface area contributed by atoms with Gasteiger partial charge in [-0.15, -0.1) is 24.0 Å². The Labute approximate surface area is 189 Å². The van der Waals surface area contributed by atoms with Crippen LogP contribution in [0.4, 0.5) is 11.6 Å². The zero-order valence-electron chi connectivity index (χ0n) is 16.8. The molecule has 1 aromatic carbocycles. The summed E-state index contributed by atoms with van der Waals surface area (Å²) in [6.07, 6.45) is 8.42. The molecule has 2 aromatic rings. The van der Waals surface area contributed by atoms with E-state index in [-0.39, 0.29) is 24.0 Å². The van der Waals surface area contributed by atoms with Crippen LogP contribution in [0.15, 0.2) is 41.7 Å². The van der Waals surface area contributed by atoms with Gasteiger partial charge in [0.15, 0.2) is 5.96 Å². The van der Waals surface area contributed by atoms with E-state index in [1.807, 2.05) is 6.07 Å². The first-order valence-electron chi connectivity index (χ1n) is 10.2. The van der Waals surface area contributed by atoms with E-state index in [2.05, 4.69) is 48.3 Å². The molecule has 4 rings (SSSR count). The predicted octanol–water partition coefficient (Wildman–Crippen LogP) is 2.52. The van der Waals surface area contributed by atoms with Gasteiger partial charge in [0.05, 0.1) is 6.54 Å². The summed E-state index contributed by atoms with van der Waals surface area (Å²) in [5, 5.41) is 3.32. The molecule has 0 radical (unpaired) electrons. The highest BCUT2D eigenvalue weighted by Crippen LogP contribution is 2.27. The molecule has 0 atom stereocenters. The van der Waals surface area contributed by atoms with Crippen LogP contribution in [-0.2, 0) is 12.8 Å². The maximum atomic E-state index is 6.15. The number of piperazine rings is 1. The van der Waals surface area contributed by atoms with Crippen LogP contribution in [0, 0.1) is 0 Å². The summed E-state index contributed by atoms with van der Waals surface area (Å²) in [4.78, 5) is 17.9. The van der Waals surface area contributed by atoms with Gasteiger partial charge in [0.25, 0.3) is 0 Å². The van der Waals surface area contributed by atoms with E-state index < -0.39 is 0 Å². The fourth-order valence-corrected chi connectivity index (χ4v) is 4.01. The Balaban J connectivity index is 0.00000240. The molecule has 1 saturated heterocycles. The van der Waals surface area contributed by atoms with Crippen molar-refractivity contribution in [2.75, 3.05) is 49.5 Å². The molecule has 7 nitrogen and oxygen atoms in total. The van der Waals surface area contributed by atoms with Crippen molar-refractivity contribution in [1.82, 2.24) is 14.9 Å². The summed E-state index contributed by atoms with van der Waals surface area (Å²) in [5.74, 6) is 1.33. The third kappa shape index (κ3) is 5.79. The summed E-state index contributed by atoms with van der Waals surface area (Å²) in [5.41, 5.74) is 10.1. The van der Waals surface area contributed by atoms with E-state index in [9.17, 15) is 0 Å². The molecule has 8 heteroatoms. The molecule has 2 aliphatic rings. The van der Waals surface area contributed by atoms with Crippen LogP contribution in [0.1, 0.15) is 24.0 Å². The minimum absolute atomic E-state index is 0. The summed E-state index contributed by atoms with van der Waals surface area (Å²) in [6, 6.07) is 8.29. The van der Waals surface area contributed by atoms with E-state index in [1.165, 1.54) is 30.4 Å². The topological polar surface area (TPSA) is 82.7 Å². The fraction of sp³-hybridized carbons (Fsp3) is 0.476. The number of nitrogens with one attached hydrogen (secondary N) is 1. The molecule has 1 aromatic heterocycles. The van der Waals surface area contributed by atoms with Crippen molar-refractivity contribution in [1.29, 1.82) is 0 Å². The molecule has 156 valence electrons. The Morgan fingerprint density at radius 3 is 2.59 bits per heavy atom. The van der Waals surface area contributed by atoms with Crippen molar-refractivity contribution < 1.29 is 0 Å². The van der Waals surface area contributed by atoms with Crippen molar-refractivity contribution in [3.8, 4) is 0 Å². The van der Waals surface area contributed by atoms with Crippen molar-refractivity contribution in [2.45, 2.75) is 25.7 Å². The zero-order valence-corrected chi connectivity index (χ0v) is 19.1. The highest BCUT2D eigenvalue weighted by atomic mass is 127. The van der Waals surface area contributed by atoms with Gasteiger partial charge in [0.2, 0.25) is 5.95 Å².